The van der Waals surface area contributed by atoms with E-state index in [1.165, 1.54) is 16.9 Å². The molecule has 0 fully saturated rings. The first-order chi connectivity index (χ1) is 20.3. The van der Waals surface area contributed by atoms with Gasteiger partial charge in [-0.2, -0.15) is 15.0 Å². The zero-order valence-electron chi connectivity index (χ0n) is 24.1. The number of sulfonamides is 1. The van der Waals surface area contributed by atoms with Crippen molar-refractivity contribution in [2.75, 3.05) is 17.8 Å². The molecule has 0 spiro atoms. The predicted octanol–water partition coefficient (Wildman–Crippen LogP) is 4.64. The second-order valence-corrected chi connectivity index (χ2v) is 12.1. The molecule has 0 radical (unpaired) electrons. The Hall–Kier alpha value is -3.64. The van der Waals surface area contributed by atoms with Crippen LogP contribution >= 0.6 is 0 Å². The number of aliphatic hydroxyl groups excluding tert-OH is 2. The molecular weight excluding hydrogens is 552 g/mol. The predicted molar refractivity (Wildman–Crippen MR) is 163 cm³/mol. The first kappa shape index (κ1) is 31.3. The number of hydrogen-bond acceptors (Lipinski definition) is 8. The van der Waals surface area contributed by atoms with E-state index >= 15 is 0 Å². The topological polar surface area (TPSA) is 142 Å². The second kappa shape index (κ2) is 15.0. The number of aromatic nitrogens is 4. The maximum Gasteiger partial charge on any atom is 0.261 e. The lowest BCUT2D eigenvalue weighted by Crippen LogP contribution is -2.23. The van der Waals surface area contributed by atoms with E-state index in [4.69, 9.17) is 0 Å². The second-order valence-electron chi connectivity index (χ2n) is 10.4. The number of nitrogens with one attached hydrogen (secondary N) is 2. The van der Waals surface area contributed by atoms with Crippen molar-refractivity contribution in [3.8, 4) is 5.69 Å². The van der Waals surface area contributed by atoms with Crippen LogP contribution in [0.1, 0.15) is 73.8 Å². The molecule has 2 aromatic carbocycles. The average Bonchev–Trinajstić information content (AvgIpc) is 3.40. The van der Waals surface area contributed by atoms with E-state index in [2.05, 4.69) is 32.1 Å². The average molecular weight is 593 g/mol. The maximum atomic E-state index is 13.0. The SMILES string of the molecule is CCCCCCC(O)c1nn(-c2ccc(S(=O)(=O)Nc3ccc(CCNC[C@H](O)c4cccnc4)cc3)cc2)nc1C. The van der Waals surface area contributed by atoms with E-state index in [1.807, 2.05) is 25.1 Å². The van der Waals surface area contributed by atoms with Gasteiger partial charge in [0.25, 0.3) is 10.0 Å². The van der Waals surface area contributed by atoms with Crippen molar-refractivity contribution in [3.05, 3.63) is 95.6 Å². The summed E-state index contributed by atoms with van der Waals surface area (Å²) in [7, 11) is -3.80. The first-order valence-electron chi connectivity index (χ1n) is 14.4. The number of pyridine rings is 1. The van der Waals surface area contributed by atoms with Gasteiger partial charge in [-0.05, 0) is 74.3 Å². The van der Waals surface area contributed by atoms with Gasteiger partial charge in [0.15, 0.2) is 0 Å². The van der Waals surface area contributed by atoms with Gasteiger partial charge in [-0.3, -0.25) is 9.71 Å². The lowest BCUT2D eigenvalue weighted by Gasteiger charge is -2.12. The van der Waals surface area contributed by atoms with Crippen LogP contribution in [0.2, 0.25) is 0 Å². The zero-order valence-corrected chi connectivity index (χ0v) is 25.0. The molecule has 0 aliphatic heterocycles. The molecule has 2 atom stereocenters. The van der Waals surface area contributed by atoms with Crippen molar-refractivity contribution >= 4 is 15.7 Å². The number of rotatable bonds is 16. The third-order valence-corrected chi connectivity index (χ3v) is 8.44. The van der Waals surface area contributed by atoms with Gasteiger partial charge in [-0.25, -0.2) is 8.42 Å². The molecular formula is C31H40N6O4S. The van der Waals surface area contributed by atoms with Crippen LogP contribution in [-0.2, 0) is 16.4 Å². The third-order valence-electron chi connectivity index (χ3n) is 7.05. The lowest BCUT2D eigenvalue weighted by atomic mass is 10.1. The quantitative estimate of drug-likeness (QED) is 0.138. The monoisotopic (exact) mass is 592 g/mol. The minimum absolute atomic E-state index is 0.117. The molecule has 10 nitrogen and oxygen atoms in total. The van der Waals surface area contributed by atoms with Crippen LogP contribution in [0, 0.1) is 6.92 Å². The number of aliphatic hydroxyl groups is 2. The van der Waals surface area contributed by atoms with Crippen LogP contribution in [-0.4, -0.2) is 51.7 Å². The summed E-state index contributed by atoms with van der Waals surface area (Å²) in [4.78, 5) is 5.57. The van der Waals surface area contributed by atoms with E-state index in [-0.39, 0.29) is 4.90 Å². The number of nitrogens with zero attached hydrogens (tertiary/aromatic N) is 4. The Bertz CT molecular complexity index is 1490. The van der Waals surface area contributed by atoms with Crippen LogP contribution < -0.4 is 10.0 Å². The molecule has 4 N–H and O–H groups in total. The number of benzene rings is 2. The van der Waals surface area contributed by atoms with Crippen molar-refractivity contribution < 1.29 is 18.6 Å². The van der Waals surface area contributed by atoms with E-state index in [0.717, 1.165) is 43.2 Å². The van der Waals surface area contributed by atoms with Crippen molar-refractivity contribution in [2.45, 2.75) is 69.5 Å². The van der Waals surface area contributed by atoms with Crippen molar-refractivity contribution in [2.24, 2.45) is 0 Å². The van der Waals surface area contributed by atoms with Crippen molar-refractivity contribution in [3.63, 3.8) is 0 Å². The molecule has 0 saturated carbocycles. The summed E-state index contributed by atoms with van der Waals surface area (Å²) in [5, 5.41) is 32.9. The summed E-state index contributed by atoms with van der Waals surface area (Å²) >= 11 is 0. The highest BCUT2D eigenvalue weighted by atomic mass is 32.2. The van der Waals surface area contributed by atoms with Crippen molar-refractivity contribution in [1.82, 2.24) is 25.3 Å². The highest BCUT2D eigenvalue weighted by Crippen LogP contribution is 2.23. The Morgan fingerprint density at radius 1 is 0.929 bits per heavy atom. The largest absolute Gasteiger partial charge is 0.387 e. The summed E-state index contributed by atoms with van der Waals surface area (Å²) < 4.78 is 28.6. The maximum absolute atomic E-state index is 13.0. The Balaban J connectivity index is 1.29. The Labute approximate surface area is 247 Å². The highest BCUT2D eigenvalue weighted by molar-refractivity contribution is 7.92. The fourth-order valence-electron chi connectivity index (χ4n) is 4.59. The van der Waals surface area contributed by atoms with Crippen LogP contribution in [0.15, 0.2) is 78.0 Å². The fourth-order valence-corrected chi connectivity index (χ4v) is 5.65. The molecule has 1 unspecified atom stereocenters. The lowest BCUT2D eigenvalue weighted by molar-refractivity contribution is 0.157. The number of unbranched alkanes of at least 4 members (excludes halogenated alkanes) is 3. The highest BCUT2D eigenvalue weighted by Gasteiger charge is 2.18. The molecule has 42 heavy (non-hydrogen) atoms. The zero-order chi connectivity index (χ0) is 30.0. The summed E-state index contributed by atoms with van der Waals surface area (Å²) in [6, 6.07) is 17.2. The van der Waals surface area contributed by atoms with Gasteiger partial charge in [-0.15, -0.1) is 0 Å². The van der Waals surface area contributed by atoms with Gasteiger partial charge in [0.2, 0.25) is 0 Å². The molecule has 0 bridgehead atoms. The molecule has 0 saturated heterocycles. The van der Waals surface area contributed by atoms with E-state index in [9.17, 15) is 18.6 Å². The summed E-state index contributed by atoms with van der Waals surface area (Å²) in [5.41, 5.74) is 4.07. The molecule has 224 valence electrons. The molecule has 0 amide bonds. The first-order valence-corrected chi connectivity index (χ1v) is 15.9. The van der Waals surface area contributed by atoms with Crippen LogP contribution in [0.25, 0.3) is 5.69 Å². The Morgan fingerprint density at radius 2 is 1.69 bits per heavy atom. The molecule has 2 aromatic heterocycles. The van der Waals surface area contributed by atoms with Gasteiger partial charge in [0, 0.05) is 30.2 Å². The van der Waals surface area contributed by atoms with Gasteiger partial charge in [-0.1, -0.05) is 50.8 Å². The molecule has 0 aliphatic carbocycles. The number of anilines is 1. The standard InChI is InChI=1S/C31H40N6O4S/c1-3-4-5-6-9-29(38)31-23(2)34-37(35-31)27-14-16-28(17-15-27)42(40,41)36-26-12-10-24(11-13-26)18-20-33-22-30(39)25-8-7-19-32-21-25/h7-8,10-17,19,21,29-30,33,36,38-39H,3-6,9,18,20,22H2,1-2H3/t29?,30-/m0/s1. The fraction of sp³-hybridized carbons (Fsp3) is 0.387. The van der Waals surface area contributed by atoms with Gasteiger partial charge < -0.3 is 15.5 Å². The summed E-state index contributed by atoms with van der Waals surface area (Å²) in [6.45, 7) is 5.05. The summed E-state index contributed by atoms with van der Waals surface area (Å²) in [6.07, 6.45) is 7.67. The Morgan fingerprint density at radius 3 is 2.38 bits per heavy atom. The van der Waals surface area contributed by atoms with Crippen LogP contribution in [0.3, 0.4) is 0 Å². The van der Waals surface area contributed by atoms with Crippen LogP contribution in [0.5, 0.6) is 0 Å². The Kier molecular flexibility index (Phi) is 11.2. The molecule has 11 heteroatoms. The smallest absolute Gasteiger partial charge is 0.261 e. The van der Waals surface area contributed by atoms with Crippen LogP contribution in [0.4, 0.5) is 5.69 Å². The third kappa shape index (κ3) is 8.68. The molecule has 4 rings (SSSR count). The van der Waals surface area contributed by atoms with Crippen molar-refractivity contribution in [1.29, 1.82) is 0 Å². The van der Waals surface area contributed by atoms with E-state index < -0.39 is 22.2 Å². The minimum Gasteiger partial charge on any atom is -0.387 e. The van der Waals surface area contributed by atoms with E-state index in [0.29, 0.717) is 42.3 Å². The normalized spacial score (nSPS) is 13.1. The number of hydrogen-bond donors (Lipinski definition) is 4. The molecule has 0 aliphatic rings. The molecule has 4 aromatic rings. The van der Waals surface area contributed by atoms with Gasteiger partial charge in [0.1, 0.15) is 5.69 Å². The summed E-state index contributed by atoms with van der Waals surface area (Å²) in [5.74, 6) is 0. The van der Waals surface area contributed by atoms with Gasteiger partial charge >= 0.3 is 0 Å². The number of aryl methyl sites for hydroxylation is 1. The van der Waals surface area contributed by atoms with Gasteiger partial charge in [0.05, 0.1) is 28.5 Å². The molecule has 2 heterocycles. The van der Waals surface area contributed by atoms with E-state index in [1.54, 1.807) is 42.7 Å². The minimum atomic E-state index is -3.80.